The number of rotatable bonds is 40. The molecular formula is C51H84N16O15. The number of nitrogens with one attached hydrogen (secondary N) is 9. The van der Waals surface area contributed by atoms with E-state index < -0.39 is 157 Å². The summed E-state index contributed by atoms with van der Waals surface area (Å²) in [7, 11) is 0. The van der Waals surface area contributed by atoms with Gasteiger partial charge in [0.25, 0.3) is 0 Å². The summed E-state index contributed by atoms with van der Waals surface area (Å²) in [6.07, 6.45) is -1.64. The lowest BCUT2D eigenvalue weighted by Gasteiger charge is -2.28. The van der Waals surface area contributed by atoms with Crippen molar-refractivity contribution in [2.45, 2.75) is 166 Å². The first-order valence-corrected chi connectivity index (χ1v) is 26.7. The molecule has 31 heteroatoms. The monoisotopic (exact) mass is 1160 g/mol. The van der Waals surface area contributed by atoms with Gasteiger partial charge in [-0.3, -0.25) is 62.5 Å². The fourth-order valence-corrected chi connectivity index (χ4v) is 7.80. The summed E-state index contributed by atoms with van der Waals surface area (Å²) in [5, 5.41) is 40.5. The first-order valence-electron chi connectivity index (χ1n) is 26.7. The van der Waals surface area contributed by atoms with Crippen LogP contribution in [-0.4, -0.2) is 167 Å². The van der Waals surface area contributed by atoms with Crippen molar-refractivity contribution < 1.29 is 72.5 Å². The number of carboxylic acid groups (broad SMARTS) is 2. The molecule has 0 fully saturated rings. The van der Waals surface area contributed by atoms with E-state index in [1.54, 1.807) is 58.0 Å². The number of unbranched alkanes of at least 4 members (excludes halogenated alkanes) is 1. The van der Waals surface area contributed by atoms with Crippen LogP contribution in [0.4, 0.5) is 0 Å². The highest BCUT2D eigenvalue weighted by Gasteiger charge is 2.35. The van der Waals surface area contributed by atoms with Crippen LogP contribution >= 0.6 is 0 Å². The molecule has 0 spiro atoms. The summed E-state index contributed by atoms with van der Waals surface area (Å²) >= 11 is 0. The van der Waals surface area contributed by atoms with Crippen molar-refractivity contribution in [1.29, 1.82) is 0 Å². The molecule has 0 saturated heterocycles. The molecule has 0 aromatic heterocycles. The van der Waals surface area contributed by atoms with Crippen LogP contribution in [0.5, 0.6) is 0 Å². The Hall–Kier alpha value is -8.48. The topological polar surface area (TPSA) is 539 Å². The smallest absolute Gasteiger partial charge is 0.326 e. The maximum absolute atomic E-state index is 14.0. The van der Waals surface area contributed by atoms with E-state index in [1.165, 1.54) is 6.92 Å². The molecule has 82 heavy (non-hydrogen) atoms. The summed E-state index contributed by atoms with van der Waals surface area (Å²) in [4.78, 5) is 173. The quantitative estimate of drug-likeness (QED) is 0.0166. The van der Waals surface area contributed by atoms with Gasteiger partial charge in [0.15, 0.2) is 5.96 Å². The van der Waals surface area contributed by atoms with Crippen LogP contribution in [0.15, 0.2) is 35.3 Å². The number of benzene rings is 1. The number of primary amides is 2. The zero-order chi connectivity index (χ0) is 62.2. The molecule has 0 radical (unpaired) electrons. The van der Waals surface area contributed by atoms with Gasteiger partial charge in [0, 0.05) is 19.4 Å². The number of carboxylic acids is 2. The zero-order valence-corrected chi connectivity index (χ0v) is 47.0. The van der Waals surface area contributed by atoms with Crippen molar-refractivity contribution in [3.05, 3.63) is 35.9 Å². The Bertz CT molecular complexity index is 2390. The highest BCUT2D eigenvalue weighted by molar-refractivity contribution is 5.99. The van der Waals surface area contributed by atoms with Crippen LogP contribution in [-0.2, 0) is 68.7 Å². The molecule has 1 aromatic rings. The van der Waals surface area contributed by atoms with Crippen LogP contribution in [0.2, 0.25) is 0 Å². The Morgan fingerprint density at radius 2 is 0.963 bits per heavy atom. The van der Waals surface area contributed by atoms with Crippen LogP contribution < -0.4 is 82.3 Å². The molecule has 0 bridgehead atoms. The molecule has 458 valence electrons. The maximum Gasteiger partial charge on any atom is 0.326 e. The van der Waals surface area contributed by atoms with Gasteiger partial charge in [0.1, 0.15) is 48.3 Å². The Kier molecular flexibility index (Phi) is 32.7. The van der Waals surface area contributed by atoms with Crippen molar-refractivity contribution in [2.24, 2.45) is 51.2 Å². The predicted molar refractivity (Wildman–Crippen MR) is 296 cm³/mol. The number of amides is 11. The van der Waals surface area contributed by atoms with Gasteiger partial charge in [-0.1, -0.05) is 58.0 Å². The normalized spacial score (nSPS) is 14.3. The van der Waals surface area contributed by atoms with Crippen molar-refractivity contribution in [2.75, 3.05) is 19.6 Å². The minimum absolute atomic E-state index is 0.0308. The van der Waals surface area contributed by atoms with Crippen molar-refractivity contribution in [1.82, 2.24) is 47.9 Å². The van der Waals surface area contributed by atoms with Gasteiger partial charge in [-0.15, -0.1) is 0 Å². The first-order chi connectivity index (χ1) is 38.4. The second-order valence-corrected chi connectivity index (χ2v) is 20.3. The molecule has 0 saturated carbocycles. The standard InChI is InChI=1S/C51H84N16O15/c1-26(2)20-33(65-46(77)34(21-27(3)4)66-47(78)35(22-29-12-7-6-8-13-29)64-43(74)30(53)16-17-41(71)72)45(76)60-28(5)42(73)59-25-40(70)61-36(23-38(54)68)48(79)67-37(24-39(55)69)49(80)62-31(14-9-10-18-52)44(75)63-32(50(81)82)15-11-19-58-51(56)57/h6-8,12-13,26-28,30-37H,9-11,14-25,52-53H2,1-5H3,(H2,54,68)(H2,55,69)(H,59,73)(H,60,76)(H,61,70)(H,62,80)(H,63,75)(H,64,74)(H,65,77)(H,66,78)(H,67,79)(H,71,72)(H,81,82)(H4,56,57,58)/t28-,30-,31-,32-,33-,34-,35-,36-,37-/m0/s1. The van der Waals surface area contributed by atoms with Gasteiger partial charge in [-0.05, 0) is 82.2 Å². The molecule has 1 aromatic carbocycles. The molecule has 1 rings (SSSR count). The third-order valence-electron chi connectivity index (χ3n) is 12.0. The predicted octanol–water partition coefficient (Wildman–Crippen LogP) is -5.45. The molecule has 9 atom stereocenters. The fraction of sp³-hybridized carbons (Fsp3) is 0.608. The second kappa shape index (κ2) is 37.5. The third kappa shape index (κ3) is 29.7. The van der Waals surface area contributed by atoms with Crippen LogP contribution in [0.1, 0.15) is 111 Å². The lowest BCUT2D eigenvalue weighted by atomic mass is 9.99. The van der Waals surface area contributed by atoms with Gasteiger partial charge in [-0.2, -0.15) is 0 Å². The molecule has 0 aliphatic heterocycles. The van der Waals surface area contributed by atoms with Crippen LogP contribution in [0.25, 0.3) is 0 Å². The molecule has 0 aliphatic carbocycles. The molecule has 0 heterocycles. The minimum Gasteiger partial charge on any atom is -0.481 e. The second-order valence-electron chi connectivity index (χ2n) is 20.3. The van der Waals surface area contributed by atoms with Gasteiger partial charge < -0.3 is 92.5 Å². The van der Waals surface area contributed by atoms with Crippen molar-refractivity contribution in [3.8, 4) is 0 Å². The molecular weight excluding hydrogens is 1080 g/mol. The number of nitrogens with two attached hydrogens (primary N) is 6. The summed E-state index contributed by atoms with van der Waals surface area (Å²) < 4.78 is 0. The van der Waals surface area contributed by atoms with Crippen molar-refractivity contribution in [3.63, 3.8) is 0 Å². The summed E-state index contributed by atoms with van der Waals surface area (Å²) in [6.45, 7) is 7.74. The molecule has 0 aliphatic rings. The van der Waals surface area contributed by atoms with E-state index >= 15 is 0 Å². The minimum atomic E-state index is -1.83. The van der Waals surface area contributed by atoms with E-state index in [2.05, 4.69) is 52.8 Å². The average molecular weight is 1160 g/mol. The van der Waals surface area contributed by atoms with E-state index in [0.717, 1.165) is 0 Å². The Balaban J connectivity index is 3.20. The van der Waals surface area contributed by atoms with E-state index in [9.17, 15) is 67.4 Å². The van der Waals surface area contributed by atoms with E-state index in [0.29, 0.717) is 12.0 Å². The Morgan fingerprint density at radius 1 is 0.512 bits per heavy atom. The SMILES string of the molecule is CC(C)C[C@H](NC(=O)[C@H](CC(C)C)NC(=O)[C@H](Cc1ccccc1)NC(=O)[C@@H](N)CCC(=O)O)C(=O)N[C@@H](C)C(=O)NCC(=O)N[C@@H](CC(N)=O)C(=O)N[C@@H](CC(N)=O)C(=O)N[C@@H](CCCCN)C(=O)N[C@@H](CCCN=C(N)N)C(=O)O. The fourth-order valence-electron chi connectivity index (χ4n) is 7.80. The number of carbonyl (C=O) groups excluding carboxylic acids is 11. The number of aliphatic imine (C=N–C) groups is 1. The molecule has 11 amide bonds. The molecule has 0 unspecified atom stereocenters. The van der Waals surface area contributed by atoms with Crippen LogP contribution in [0, 0.1) is 11.8 Å². The van der Waals surface area contributed by atoms with Crippen LogP contribution in [0.3, 0.4) is 0 Å². The highest BCUT2D eigenvalue weighted by Crippen LogP contribution is 2.12. The van der Waals surface area contributed by atoms with E-state index in [1.807, 2.05) is 0 Å². The highest BCUT2D eigenvalue weighted by atomic mass is 16.4. The summed E-state index contributed by atoms with van der Waals surface area (Å²) in [6, 6.07) is -4.34. The Labute approximate surface area is 474 Å². The largest absolute Gasteiger partial charge is 0.481 e. The van der Waals surface area contributed by atoms with Gasteiger partial charge in [0.05, 0.1) is 25.4 Å². The van der Waals surface area contributed by atoms with Gasteiger partial charge >= 0.3 is 11.9 Å². The number of carbonyl (C=O) groups is 13. The molecule has 23 N–H and O–H groups in total. The number of aliphatic carboxylic acids is 2. The van der Waals surface area contributed by atoms with Gasteiger partial charge in [0.2, 0.25) is 65.0 Å². The number of nitrogens with zero attached hydrogens (tertiary/aromatic N) is 1. The number of hydrogen-bond acceptors (Lipinski definition) is 16. The lowest BCUT2D eigenvalue weighted by Crippen LogP contribution is -2.59. The van der Waals surface area contributed by atoms with Crippen molar-refractivity contribution >= 4 is 82.9 Å². The maximum atomic E-state index is 14.0. The van der Waals surface area contributed by atoms with E-state index in [4.69, 9.17) is 39.5 Å². The summed E-state index contributed by atoms with van der Waals surface area (Å²) in [5.74, 6) is -13.9. The zero-order valence-electron chi connectivity index (χ0n) is 47.0. The number of guanidine groups is 1. The average Bonchev–Trinajstić information content (AvgIpc) is 3.49. The summed E-state index contributed by atoms with van der Waals surface area (Å²) in [5.41, 5.74) is 33.5. The molecule has 31 nitrogen and oxygen atoms in total. The number of hydrogen-bond donors (Lipinski definition) is 17. The van der Waals surface area contributed by atoms with E-state index in [-0.39, 0.29) is 82.3 Å². The Morgan fingerprint density at radius 3 is 1.46 bits per heavy atom. The van der Waals surface area contributed by atoms with Gasteiger partial charge in [-0.25, -0.2) is 4.79 Å². The third-order valence-corrected chi connectivity index (χ3v) is 12.0. The lowest BCUT2D eigenvalue weighted by molar-refractivity contribution is -0.142. The first kappa shape index (κ1) is 71.5.